The molecule has 0 N–H and O–H groups in total. The van der Waals surface area contributed by atoms with Crippen LogP contribution in [-0.2, 0) is 18.7 Å². The Kier molecular flexibility index (Phi) is 5.76. The van der Waals surface area contributed by atoms with Gasteiger partial charge in [0, 0.05) is 28.1 Å². The second-order valence-electron chi connectivity index (χ2n) is 6.02. The van der Waals surface area contributed by atoms with Crippen molar-refractivity contribution in [2.45, 2.75) is 44.6 Å². The number of rotatable bonds is 7. The normalized spacial score (nSPS) is 11.0. The van der Waals surface area contributed by atoms with Crippen molar-refractivity contribution in [3.05, 3.63) is 63.9 Å². The first-order valence-electron chi connectivity index (χ1n) is 8.43. The van der Waals surface area contributed by atoms with E-state index in [0.29, 0.717) is 0 Å². The van der Waals surface area contributed by atoms with E-state index < -0.39 is 0 Å². The third-order valence-corrected chi connectivity index (χ3v) is 6.21. The zero-order valence-corrected chi connectivity index (χ0v) is 16.6. The molecule has 2 heterocycles. The number of hydrogen-bond acceptors (Lipinski definition) is 4. The first-order chi connectivity index (χ1) is 12.1. The molecule has 0 atom stereocenters. The number of aryl methyl sites for hydroxylation is 2. The van der Waals surface area contributed by atoms with Crippen LogP contribution in [0.2, 0.25) is 0 Å². The zero-order chi connectivity index (χ0) is 17.8. The number of thioether (sulfide) groups is 1. The van der Waals surface area contributed by atoms with Crippen LogP contribution < -0.4 is 0 Å². The third kappa shape index (κ3) is 3.88. The van der Waals surface area contributed by atoms with Gasteiger partial charge in [-0.25, -0.2) is 0 Å². The van der Waals surface area contributed by atoms with Crippen molar-refractivity contribution < 1.29 is 0 Å². The van der Waals surface area contributed by atoms with E-state index in [2.05, 4.69) is 71.8 Å². The molecular formula is C20H23N3S2. The average molecular weight is 370 g/mol. The SMILES string of the molecule is C=CCn1c(SCc2ccc(C)cc2)nnc1-c1csc(C)c1CC. The zero-order valence-electron chi connectivity index (χ0n) is 15.0. The minimum atomic E-state index is 0.719. The minimum absolute atomic E-state index is 0.719. The van der Waals surface area contributed by atoms with Crippen molar-refractivity contribution in [3.63, 3.8) is 0 Å². The third-order valence-electron chi connectivity index (χ3n) is 4.22. The molecule has 5 heteroatoms. The molecule has 0 unspecified atom stereocenters. The van der Waals surface area contributed by atoms with Crippen molar-refractivity contribution in [3.8, 4) is 11.4 Å². The number of allylic oxidation sites excluding steroid dienone is 1. The lowest BCUT2D eigenvalue weighted by Gasteiger charge is -2.08. The summed E-state index contributed by atoms with van der Waals surface area (Å²) in [5, 5.41) is 12.1. The van der Waals surface area contributed by atoms with E-state index in [-0.39, 0.29) is 0 Å². The molecule has 0 aliphatic rings. The number of aromatic nitrogens is 3. The van der Waals surface area contributed by atoms with E-state index in [1.54, 1.807) is 23.1 Å². The van der Waals surface area contributed by atoms with E-state index in [1.807, 2.05) is 6.08 Å². The Morgan fingerprint density at radius 2 is 1.96 bits per heavy atom. The van der Waals surface area contributed by atoms with Crippen LogP contribution in [0.4, 0.5) is 0 Å². The molecule has 0 aliphatic heterocycles. The van der Waals surface area contributed by atoms with Gasteiger partial charge in [0.25, 0.3) is 0 Å². The molecule has 25 heavy (non-hydrogen) atoms. The highest BCUT2D eigenvalue weighted by Gasteiger charge is 2.18. The van der Waals surface area contributed by atoms with Gasteiger partial charge in [-0.15, -0.1) is 28.1 Å². The number of nitrogens with zero attached hydrogens (tertiary/aromatic N) is 3. The predicted molar refractivity (Wildman–Crippen MR) is 108 cm³/mol. The van der Waals surface area contributed by atoms with E-state index in [9.17, 15) is 0 Å². The van der Waals surface area contributed by atoms with Crippen LogP contribution in [0.15, 0.2) is 47.5 Å². The van der Waals surface area contributed by atoms with Gasteiger partial charge in [0.05, 0.1) is 0 Å². The van der Waals surface area contributed by atoms with Crippen LogP contribution >= 0.6 is 23.1 Å². The van der Waals surface area contributed by atoms with Crippen LogP contribution in [0.3, 0.4) is 0 Å². The van der Waals surface area contributed by atoms with Gasteiger partial charge in [-0.05, 0) is 31.4 Å². The molecule has 0 saturated heterocycles. The molecule has 0 bridgehead atoms. The second kappa shape index (κ2) is 8.02. The molecule has 130 valence electrons. The van der Waals surface area contributed by atoms with Gasteiger partial charge < -0.3 is 0 Å². The number of hydrogen-bond donors (Lipinski definition) is 0. The number of benzene rings is 1. The van der Waals surface area contributed by atoms with Gasteiger partial charge in [-0.2, -0.15) is 0 Å². The molecule has 0 spiro atoms. The maximum Gasteiger partial charge on any atom is 0.192 e. The molecule has 3 aromatic rings. The fourth-order valence-electron chi connectivity index (χ4n) is 2.83. The van der Waals surface area contributed by atoms with Crippen molar-refractivity contribution in [1.82, 2.24) is 14.8 Å². The minimum Gasteiger partial charge on any atom is -0.298 e. The summed E-state index contributed by atoms with van der Waals surface area (Å²) in [7, 11) is 0. The molecule has 2 aromatic heterocycles. The molecule has 0 amide bonds. The van der Waals surface area contributed by atoms with Crippen LogP contribution in [-0.4, -0.2) is 14.8 Å². The van der Waals surface area contributed by atoms with Crippen molar-refractivity contribution >= 4 is 23.1 Å². The highest BCUT2D eigenvalue weighted by Crippen LogP contribution is 2.33. The fraction of sp³-hybridized carbons (Fsp3) is 0.300. The van der Waals surface area contributed by atoms with Gasteiger partial charge in [0.15, 0.2) is 11.0 Å². The molecule has 0 saturated carbocycles. The summed E-state index contributed by atoms with van der Waals surface area (Å²) in [6, 6.07) is 8.65. The Morgan fingerprint density at radius 3 is 2.64 bits per heavy atom. The van der Waals surface area contributed by atoms with E-state index in [4.69, 9.17) is 0 Å². The van der Waals surface area contributed by atoms with E-state index >= 15 is 0 Å². The monoisotopic (exact) mass is 369 g/mol. The van der Waals surface area contributed by atoms with Gasteiger partial charge in [0.2, 0.25) is 0 Å². The highest BCUT2D eigenvalue weighted by molar-refractivity contribution is 7.98. The lowest BCUT2D eigenvalue weighted by molar-refractivity contribution is 0.730. The van der Waals surface area contributed by atoms with Crippen LogP contribution in [0.25, 0.3) is 11.4 Å². The summed E-state index contributed by atoms with van der Waals surface area (Å²) in [5.41, 5.74) is 5.16. The molecule has 0 fully saturated rings. The van der Waals surface area contributed by atoms with Crippen LogP contribution in [0, 0.1) is 13.8 Å². The first kappa shape index (κ1) is 18.0. The predicted octanol–water partition coefficient (Wildman–Crippen LogP) is 5.66. The lowest BCUT2D eigenvalue weighted by Crippen LogP contribution is -2.01. The molecule has 0 radical (unpaired) electrons. The molecule has 3 nitrogen and oxygen atoms in total. The van der Waals surface area contributed by atoms with Gasteiger partial charge in [-0.3, -0.25) is 4.57 Å². The topological polar surface area (TPSA) is 30.7 Å². The van der Waals surface area contributed by atoms with Crippen LogP contribution in [0.5, 0.6) is 0 Å². The maximum absolute atomic E-state index is 4.50. The molecule has 1 aromatic carbocycles. The van der Waals surface area contributed by atoms with Gasteiger partial charge >= 0.3 is 0 Å². The van der Waals surface area contributed by atoms with Crippen LogP contribution in [0.1, 0.15) is 28.5 Å². The Hall–Kier alpha value is -1.85. The van der Waals surface area contributed by atoms with Crippen molar-refractivity contribution in [2.24, 2.45) is 0 Å². The van der Waals surface area contributed by atoms with Gasteiger partial charge in [0.1, 0.15) is 0 Å². The van der Waals surface area contributed by atoms with Gasteiger partial charge in [-0.1, -0.05) is 54.6 Å². The highest BCUT2D eigenvalue weighted by atomic mass is 32.2. The Balaban J connectivity index is 1.89. The molecule has 0 aliphatic carbocycles. The molecular weight excluding hydrogens is 346 g/mol. The Labute approximate surface area is 157 Å². The summed E-state index contributed by atoms with van der Waals surface area (Å²) < 4.78 is 2.17. The fourth-order valence-corrected chi connectivity index (χ4v) is 4.67. The summed E-state index contributed by atoms with van der Waals surface area (Å²) in [4.78, 5) is 1.36. The Morgan fingerprint density at radius 1 is 1.20 bits per heavy atom. The summed E-state index contributed by atoms with van der Waals surface area (Å²) in [6.07, 6.45) is 2.92. The number of thiophene rings is 1. The quantitative estimate of drug-likeness (QED) is 0.397. The summed E-state index contributed by atoms with van der Waals surface area (Å²) >= 11 is 3.51. The first-order valence-corrected chi connectivity index (χ1v) is 10.3. The molecule has 3 rings (SSSR count). The lowest BCUT2D eigenvalue weighted by atomic mass is 10.1. The Bertz CT molecular complexity index is 860. The second-order valence-corrected chi connectivity index (χ2v) is 8.04. The van der Waals surface area contributed by atoms with E-state index in [0.717, 1.165) is 29.7 Å². The maximum atomic E-state index is 4.50. The van der Waals surface area contributed by atoms with Crippen molar-refractivity contribution in [2.75, 3.05) is 0 Å². The van der Waals surface area contributed by atoms with Crippen molar-refractivity contribution in [1.29, 1.82) is 0 Å². The average Bonchev–Trinajstić information content (AvgIpc) is 3.17. The summed E-state index contributed by atoms with van der Waals surface area (Å²) in [6.45, 7) is 11.1. The van der Waals surface area contributed by atoms with E-state index in [1.165, 1.54) is 27.1 Å². The summed E-state index contributed by atoms with van der Waals surface area (Å²) in [5.74, 6) is 1.84. The standard InChI is InChI=1S/C20H23N3S2/c1-5-11-23-19(18-13-24-15(4)17(18)6-2)21-22-20(23)25-12-16-9-7-14(3)8-10-16/h5,7-10,13H,1,6,11-12H2,2-4H3. The largest absolute Gasteiger partial charge is 0.298 e. The smallest absolute Gasteiger partial charge is 0.192 e.